The SMILES string of the molecule is CCCCCCP(CCCCCC)C(CC)(CC)P(CCCCCC)CCCCCC. The maximum atomic E-state index is 2.59. The number of hydrogen-bond acceptors (Lipinski definition) is 0. The lowest BCUT2D eigenvalue weighted by atomic mass is 10.2. The third-order valence-corrected chi connectivity index (χ3v) is 16.2. The Morgan fingerprint density at radius 3 is 0.806 bits per heavy atom. The molecule has 0 radical (unpaired) electrons. The summed E-state index contributed by atoms with van der Waals surface area (Å²) in [4.78, 5) is 0.738. The smallest absolute Gasteiger partial charge is 0.0101 e. The molecule has 0 nitrogen and oxygen atoms in total. The summed E-state index contributed by atoms with van der Waals surface area (Å²) >= 11 is 0. The van der Waals surface area contributed by atoms with Gasteiger partial charge in [-0.1, -0.05) is 134 Å². The molecule has 0 saturated heterocycles. The first-order valence-electron chi connectivity index (χ1n) is 14.7. The van der Waals surface area contributed by atoms with E-state index < -0.39 is 0 Å². The van der Waals surface area contributed by atoms with Gasteiger partial charge in [-0.05, 0) is 63.2 Å². The zero-order valence-corrected chi connectivity index (χ0v) is 24.7. The molecular weight excluding hydrogens is 410 g/mol. The van der Waals surface area contributed by atoms with Crippen molar-refractivity contribution in [1.29, 1.82) is 0 Å². The molecule has 0 spiro atoms. The van der Waals surface area contributed by atoms with Crippen molar-refractivity contribution in [2.75, 3.05) is 24.6 Å². The summed E-state index contributed by atoms with van der Waals surface area (Å²) in [5.41, 5.74) is 0. The highest BCUT2D eigenvalue weighted by Gasteiger charge is 2.40. The summed E-state index contributed by atoms with van der Waals surface area (Å²) in [6.07, 6.45) is 32.6. The van der Waals surface area contributed by atoms with Crippen LogP contribution in [0.3, 0.4) is 0 Å². The fourth-order valence-electron chi connectivity index (χ4n) is 5.32. The Bertz CT molecular complexity index is 297. The first-order valence-corrected chi connectivity index (χ1v) is 18.1. The van der Waals surface area contributed by atoms with Crippen LogP contribution in [0.15, 0.2) is 0 Å². The number of hydrogen-bond donors (Lipinski definition) is 0. The van der Waals surface area contributed by atoms with Gasteiger partial charge in [0.25, 0.3) is 0 Å². The molecule has 0 aromatic heterocycles. The topological polar surface area (TPSA) is 0 Å². The van der Waals surface area contributed by atoms with Crippen LogP contribution in [-0.4, -0.2) is 29.5 Å². The predicted octanol–water partition coefficient (Wildman–Crippen LogP) is 11.8. The van der Waals surface area contributed by atoms with Crippen molar-refractivity contribution in [1.82, 2.24) is 0 Å². The number of unbranched alkanes of at least 4 members (excludes halogenated alkanes) is 12. The minimum atomic E-state index is 0.199. The summed E-state index contributed by atoms with van der Waals surface area (Å²) in [5, 5.41) is 0. The minimum Gasteiger partial charge on any atom is -0.0959 e. The molecule has 31 heavy (non-hydrogen) atoms. The maximum absolute atomic E-state index is 2.59. The Balaban J connectivity index is 5.41. The van der Waals surface area contributed by atoms with E-state index in [1.54, 1.807) is 24.6 Å². The van der Waals surface area contributed by atoms with Gasteiger partial charge >= 0.3 is 0 Å². The van der Waals surface area contributed by atoms with Crippen LogP contribution >= 0.6 is 15.8 Å². The third kappa shape index (κ3) is 14.0. The van der Waals surface area contributed by atoms with Crippen LogP contribution in [0, 0.1) is 0 Å². The van der Waals surface area contributed by atoms with E-state index in [0.717, 1.165) is 4.90 Å². The molecule has 0 aliphatic carbocycles. The molecule has 0 amide bonds. The highest BCUT2D eigenvalue weighted by molar-refractivity contribution is 7.77. The number of rotatable bonds is 24. The molecule has 0 aromatic rings. The van der Waals surface area contributed by atoms with Crippen molar-refractivity contribution in [3.63, 3.8) is 0 Å². The lowest BCUT2D eigenvalue weighted by molar-refractivity contribution is 0.658. The van der Waals surface area contributed by atoms with Crippen LogP contribution in [-0.2, 0) is 0 Å². The lowest BCUT2D eigenvalue weighted by Gasteiger charge is -2.47. The lowest BCUT2D eigenvalue weighted by Crippen LogP contribution is -2.28. The van der Waals surface area contributed by atoms with Crippen molar-refractivity contribution in [3.8, 4) is 0 Å². The molecule has 188 valence electrons. The van der Waals surface area contributed by atoms with Crippen molar-refractivity contribution in [2.45, 2.75) is 162 Å². The van der Waals surface area contributed by atoms with E-state index in [1.807, 2.05) is 0 Å². The maximum Gasteiger partial charge on any atom is 0.0101 e. The molecule has 0 saturated carbocycles. The van der Waals surface area contributed by atoms with E-state index in [1.165, 1.54) is 116 Å². The van der Waals surface area contributed by atoms with Gasteiger partial charge in [0.2, 0.25) is 0 Å². The summed E-state index contributed by atoms with van der Waals surface area (Å²) in [6, 6.07) is 0. The molecule has 0 atom stereocenters. The zero-order valence-electron chi connectivity index (χ0n) is 23.0. The van der Waals surface area contributed by atoms with Gasteiger partial charge in [0, 0.05) is 4.90 Å². The normalized spacial score (nSPS) is 12.4. The van der Waals surface area contributed by atoms with Gasteiger partial charge < -0.3 is 0 Å². The van der Waals surface area contributed by atoms with Crippen LogP contribution < -0.4 is 0 Å². The Kier molecular flexibility index (Phi) is 23.3. The van der Waals surface area contributed by atoms with E-state index >= 15 is 0 Å². The molecule has 0 fully saturated rings. The molecule has 0 unspecified atom stereocenters. The molecule has 0 N–H and O–H groups in total. The second kappa shape index (κ2) is 22.6. The van der Waals surface area contributed by atoms with Gasteiger partial charge in [0.1, 0.15) is 0 Å². The van der Waals surface area contributed by atoms with Gasteiger partial charge in [-0.3, -0.25) is 0 Å². The van der Waals surface area contributed by atoms with Crippen molar-refractivity contribution in [2.24, 2.45) is 0 Å². The highest BCUT2D eigenvalue weighted by Crippen LogP contribution is 2.71. The van der Waals surface area contributed by atoms with Crippen LogP contribution in [0.25, 0.3) is 0 Å². The molecule has 0 rings (SSSR count). The van der Waals surface area contributed by atoms with Gasteiger partial charge in [0.05, 0.1) is 0 Å². The molecule has 0 aromatic carbocycles. The van der Waals surface area contributed by atoms with Gasteiger partial charge in [-0.2, -0.15) is 0 Å². The van der Waals surface area contributed by atoms with Crippen molar-refractivity contribution >= 4 is 15.8 Å². The predicted molar refractivity (Wildman–Crippen MR) is 153 cm³/mol. The molecule has 0 heterocycles. The van der Waals surface area contributed by atoms with E-state index in [-0.39, 0.29) is 15.8 Å². The Morgan fingerprint density at radius 2 is 0.613 bits per heavy atom. The minimum absolute atomic E-state index is 0.199. The molecule has 0 bridgehead atoms. The van der Waals surface area contributed by atoms with Gasteiger partial charge in [-0.25, -0.2) is 0 Å². The average molecular weight is 473 g/mol. The second-order valence-electron chi connectivity index (χ2n) is 9.91. The van der Waals surface area contributed by atoms with E-state index in [0.29, 0.717) is 0 Å². The van der Waals surface area contributed by atoms with Crippen molar-refractivity contribution < 1.29 is 0 Å². The summed E-state index contributed by atoms with van der Waals surface area (Å²) in [7, 11) is 0.398. The monoisotopic (exact) mass is 472 g/mol. The molecular formula is C29H62P2. The first kappa shape index (κ1) is 31.9. The van der Waals surface area contributed by atoms with E-state index in [2.05, 4.69) is 41.5 Å². The van der Waals surface area contributed by atoms with Gasteiger partial charge in [-0.15, -0.1) is 0 Å². The summed E-state index contributed by atoms with van der Waals surface area (Å²) in [6.45, 7) is 14.6. The second-order valence-corrected chi connectivity index (χ2v) is 15.9. The van der Waals surface area contributed by atoms with Gasteiger partial charge in [0.15, 0.2) is 0 Å². The van der Waals surface area contributed by atoms with Crippen LogP contribution in [0.5, 0.6) is 0 Å². The fraction of sp³-hybridized carbons (Fsp3) is 1.00. The van der Waals surface area contributed by atoms with Crippen LogP contribution in [0.1, 0.15) is 157 Å². The summed E-state index contributed by atoms with van der Waals surface area (Å²) in [5.74, 6) is 0. The quantitative estimate of drug-likeness (QED) is 0.0967. The fourth-order valence-corrected chi connectivity index (χ4v) is 14.4. The third-order valence-electron chi connectivity index (χ3n) is 7.44. The Morgan fingerprint density at radius 1 is 0.355 bits per heavy atom. The molecule has 0 aliphatic heterocycles. The molecule has 0 aliphatic rings. The van der Waals surface area contributed by atoms with Crippen LogP contribution in [0.4, 0.5) is 0 Å². The Hall–Kier alpha value is 0.860. The first-order chi connectivity index (χ1) is 15.2. The zero-order chi connectivity index (χ0) is 23.2. The largest absolute Gasteiger partial charge is 0.0959 e. The highest BCUT2D eigenvalue weighted by atomic mass is 31.2. The Labute approximate surface area is 202 Å². The van der Waals surface area contributed by atoms with E-state index in [9.17, 15) is 0 Å². The van der Waals surface area contributed by atoms with Crippen molar-refractivity contribution in [3.05, 3.63) is 0 Å². The average Bonchev–Trinajstić information content (AvgIpc) is 2.79. The van der Waals surface area contributed by atoms with Crippen LogP contribution in [0.2, 0.25) is 0 Å². The summed E-state index contributed by atoms with van der Waals surface area (Å²) < 4.78 is 0. The van der Waals surface area contributed by atoms with E-state index in [4.69, 9.17) is 0 Å². The standard InChI is InChI=1S/C29H62P2/c1-7-13-17-21-25-30(26-22-18-14-8-2)29(11-5,12-6)31(27-23-19-15-9-3)28-24-20-16-10-4/h7-28H2,1-6H3. The molecule has 2 heteroatoms.